The Balaban J connectivity index is 2.57. The molecule has 0 aliphatic heterocycles. The zero-order chi connectivity index (χ0) is 14.4. The average molecular weight is 263 g/mol. The smallest absolute Gasteiger partial charge is 0.238 e. The van der Waals surface area contributed by atoms with E-state index in [4.69, 9.17) is 5.73 Å². The van der Waals surface area contributed by atoms with Gasteiger partial charge in [0.15, 0.2) is 0 Å². The van der Waals surface area contributed by atoms with Crippen LogP contribution >= 0.6 is 0 Å². The fourth-order valence-corrected chi connectivity index (χ4v) is 2.19. The average Bonchev–Trinajstić information content (AvgIpc) is 2.35. The zero-order valence-corrected chi connectivity index (χ0v) is 12.4. The number of nitrogen functional groups attached to an aromatic ring is 1. The molecule has 0 aliphatic rings. The number of nitrogens with zero attached hydrogens (tertiary/aromatic N) is 1. The highest BCUT2D eigenvalue weighted by Crippen LogP contribution is 2.17. The lowest BCUT2D eigenvalue weighted by Crippen LogP contribution is -2.37. The number of hydrogen-bond donors (Lipinski definition) is 2. The van der Waals surface area contributed by atoms with E-state index in [0.717, 1.165) is 24.1 Å². The largest absolute Gasteiger partial charge is 0.398 e. The van der Waals surface area contributed by atoms with Gasteiger partial charge < -0.3 is 11.1 Å². The minimum Gasteiger partial charge on any atom is -0.398 e. The minimum atomic E-state index is -0.00217. The molecule has 0 spiro atoms. The topological polar surface area (TPSA) is 58.4 Å². The summed E-state index contributed by atoms with van der Waals surface area (Å²) in [5, 5.41) is 2.88. The van der Waals surface area contributed by atoms with Gasteiger partial charge >= 0.3 is 0 Å². The quantitative estimate of drug-likeness (QED) is 0.776. The van der Waals surface area contributed by atoms with Crippen molar-refractivity contribution in [2.75, 3.05) is 24.6 Å². The van der Waals surface area contributed by atoms with E-state index < -0.39 is 0 Å². The summed E-state index contributed by atoms with van der Waals surface area (Å²) in [5.41, 5.74) is 8.30. The second kappa shape index (κ2) is 7.14. The molecule has 0 saturated heterocycles. The van der Waals surface area contributed by atoms with Crippen LogP contribution in [-0.2, 0) is 4.79 Å². The van der Waals surface area contributed by atoms with E-state index in [-0.39, 0.29) is 5.91 Å². The summed E-state index contributed by atoms with van der Waals surface area (Å²) in [6, 6.07) is 6.04. The van der Waals surface area contributed by atoms with Gasteiger partial charge in [0.05, 0.1) is 6.54 Å². The molecule has 0 unspecified atom stereocenters. The first-order valence-electron chi connectivity index (χ1n) is 6.84. The Labute approximate surface area is 116 Å². The molecule has 4 nitrogen and oxygen atoms in total. The molecule has 1 rings (SSSR count). The van der Waals surface area contributed by atoms with Gasteiger partial charge in [-0.15, -0.1) is 0 Å². The van der Waals surface area contributed by atoms with Gasteiger partial charge in [-0.1, -0.05) is 19.9 Å². The molecular weight excluding hydrogens is 238 g/mol. The summed E-state index contributed by atoms with van der Waals surface area (Å²) in [4.78, 5) is 14.1. The number of rotatable bonds is 6. The number of nitrogens with two attached hydrogens (primary N) is 1. The van der Waals surface area contributed by atoms with Crippen LogP contribution in [0, 0.1) is 6.92 Å². The standard InChI is InChI=1S/C15H25N3O/c1-5-13(6-2)18(4)10-15(19)17-12-8-7-11(3)14(16)9-12/h7-9,13H,5-6,10,16H2,1-4H3,(H,17,19). The van der Waals surface area contributed by atoms with E-state index in [0.29, 0.717) is 18.3 Å². The van der Waals surface area contributed by atoms with Gasteiger partial charge in [0.25, 0.3) is 0 Å². The molecule has 3 N–H and O–H groups in total. The van der Waals surface area contributed by atoms with Gasteiger partial charge in [0, 0.05) is 17.4 Å². The van der Waals surface area contributed by atoms with Gasteiger partial charge in [0.2, 0.25) is 5.91 Å². The highest BCUT2D eigenvalue weighted by molar-refractivity contribution is 5.92. The van der Waals surface area contributed by atoms with Crippen molar-refractivity contribution in [1.82, 2.24) is 4.90 Å². The Hall–Kier alpha value is -1.55. The third-order valence-electron chi connectivity index (χ3n) is 3.52. The van der Waals surface area contributed by atoms with Gasteiger partial charge in [-0.2, -0.15) is 0 Å². The number of aryl methyl sites for hydroxylation is 1. The Morgan fingerprint density at radius 1 is 1.37 bits per heavy atom. The van der Waals surface area contributed by atoms with Crippen LogP contribution in [0.2, 0.25) is 0 Å². The number of carbonyl (C=O) groups is 1. The van der Waals surface area contributed by atoms with Crippen molar-refractivity contribution in [1.29, 1.82) is 0 Å². The normalized spacial score (nSPS) is 11.1. The highest BCUT2D eigenvalue weighted by atomic mass is 16.2. The Morgan fingerprint density at radius 2 is 2.00 bits per heavy atom. The molecule has 0 atom stereocenters. The van der Waals surface area contributed by atoms with Gasteiger partial charge in [-0.05, 0) is 44.5 Å². The van der Waals surface area contributed by atoms with Crippen LogP contribution in [0.3, 0.4) is 0 Å². The molecule has 0 aliphatic carbocycles. The van der Waals surface area contributed by atoms with Crippen molar-refractivity contribution >= 4 is 17.3 Å². The van der Waals surface area contributed by atoms with Gasteiger partial charge in [-0.25, -0.2) is 0 Å². The van der Waals surface area contributed by atoms with Crippen LogP contribution in [0.5, 0.6) is 0 Å². The fourth-order valence-electron chi connectivity index (χ4n) is 2.19. The molecule has 1 aromatic rings. The third kappa shape index (κ3) is 4.56. The maximum Gasteiger partial charge on any atom is 0.238 e. The van der Waals surface area contributed by atoms with Crippen molar-refractivity contribution in [3.05, 3.63) is 23.8 Å². The molecule has 19 heavy (non-hydrogen) atoms. The van der Waals surface area contributed by atoms with Crippen molar-refractivity contribution in [2.45, 2.75) is 39.7 Å². The molecule has 0 radical (unpaired) electrons. The molecule has 0 fully saturated rings. The molecule has 0 heterocycles. The van der Waals surface area contributed by atoms with E-state index in [2.05, 4.69) is 24.1 Å². The van der Waals surface area contributed by atoms with Crippen molar-refractivity contribution in [2.24, 2.45) is 0 Å². The number of benzene rings is 1. The molecule has 4 heteroatoms. The lowest BCUT2D eigenvalue weighted by atomic mass is 10.1. The molecule has 1 aromatic carbocycles. The van der Waals surface area contributed by atoms with Crippen LogP contribution < -0.4 is 11.1 Å². The highest BCUT2D eigenvalue weighted by Gasteiger charge is 2.14. The maximum atomic E-state index is 12.0. The first-order valence-corrected chi connectivity index (χ1v) is 6.84. The summed E-state index contributed by atoms with van der Waals surface area (Å²) >= 11 is 0. The number of carbonyl (C=O) groups excluding carboxylic acids is 1. The summed E-state index contributed by atoms with van der Waals surface area (Å²) in [7, 11) is 1.99. The summed E-state index contributed by atoms with van der Waals surface area (Å²) in [5.74, 6) is -0.00217. The Morgan fingerprint density at radius 3 is 2.53 bits per heavy atom. The molecule has 0 saturated carbocycles. The SMILES string of the molecule is CCC(CC)N(C)CC(=O)Nc1ccc(C)c(N)c1. The van der Waals surface area contributed by atoms with Crippen LogP contribution in [0.1, 0.15) is 32.3 Å². The van der Waals surface area contributed by atoms with E-state index in [9.17, 15) is 4.79 Å². The Bertz CT molecular complexity index is 427. The lowest BCUT2D eigenvalue weighted by Gasteiger charge is -2.25. The molecule has 1 amide bonds. The molecule has 106 valence electrons. The van der Waals surface area contributed by atoms with Crippen molar-refractivity contribution in [3.8, 4) is 0 Å². The van der Waals surface area contributed by atoms with Crippen LogP contribution in [0.4, 0.5) is 11.4 Å². The third-order valence-corrected chi connectivity index (χ3v) is 3.52. The van der Waals surface area contributed by atoms with Crippen LogP contribution in [-0.4, -0.2) is 30.4 Å². The first kappa shape index (κ1) is 15.5. The van der Waals surface area contributed by atoms with E-state index in [1.807, 2.05) is 26.1 Å². The van der Waals surface area contributed by atoms with Crippen molar-refractivity contribution < 1.29 is 4.79 Å². The van der Waals surface area contributed by atoms with Gasteiger partial charge in [0.1, 0.15) is 0 Å². The zero-order valence-electron chi connectivity index (χ0n) is 12.4. The number of anilines is 2. The second-order valence-electron chi connectivity index (χ2n) is 5.00. The minimum absolute atomic E-state index is 0.00217. The maximum absolute atomic E-state index is 12.0. The molecule has 0 aromatic heterocycles. The monoisotopic (exact) mass is 263 g/mol. The lowest BCUT2D eigenvalue weighted by molar-refractivity contribution is -0.117. The molecule has 0 bridgehead atoms. The number of nitrogens with one attached hydrogen (secondary N) is 1. The van der Waals surface area contributed by atoms with Crippen molar-refractivity contribution in [3.63, 3.8) is 0 Å². The van der Waals surface area contributed by atoms with E-state index in [1.54, 1.807) is 6.07 Å². The summed E-state index contributed by atoms with van der Waals surface area (Å²) < 4.78 is 0. The Kier molecular flexibility index (Phi) is 5.83. The molecular formula is C15H25N3O. The van der Waals surface area contributed by atoms with Crippen LogP contribution in [0.15, 0.2) is 18.2 Å². The number of hydrogen-bond acceptors (Lipinski definition) is 3. The second-order valence-corrected chi connectivity index (χ2v) is 5.00. The summed E-state index contributed by atoms with van der Waals surface area (Å²) in [6.07, 6.45) is 2.11. The van der Waals surface area contributed by atoms with Gasteiger partial charge in [-0.3, -0.25) is 9.69 Å². The number of amides is 1. The summed E-state index contributed by atoms with van der Waals surface area (Å²) in [6.45, 7) is 6.63. The fraction of sp³-hybridized carbons (Fsp3) is 0.533. The van der Waals surface area contributed by atoms with E-state index >= 15 is 0 Å². The number of likely N-dealkylation sites (N-methyl/N-ethyl adjacent to an activating group) is 1. The predicted molar refractivity (Wildman–Crippen MR) is 81.2 cm³/mol. The van der Waals surface area contributed by atoms with E-state index in [1.165, 1.54) is 0 Å². The first-order chi connectivity index (χ1) is 8.97. The van der Waals surface area contributed by atoms with Crippen LogP contribution in [0.25, 0.3) is 0 Å². The predicted octanol–water partition coefficient (Wildman–Crippen LogP) is 2.64.